The number of carbonyl (C=O) groups excluding carboxylic acids is 1. The Morgan fingerprint density at radius 2 is 1.83 bits per heavy atom. The number of hydrogen-bond acceptors (Lipinski definition) is 2. The Kier molecular flexibility index (Phi) is 6.12. The largest absolute Gasteiger partial charge is 0.368 e. The molecule has 2 fully saturated rings. The summed E-state index contributed by atoms with van der Waals surface area (Å²) in [6.45, 7) is 0.613. The zero-order chi connectivity index (χ0) is 16.9. The van der Waals surface area contributed by atoms with Crippen LogP contribution in [0.15, 0.2) is 18.2 Å². The Bertz CT molecular complexity index is 572. The molecule has 0 radical (unpaired) electrons. The van der Waals surface area contributed by atoms with E-state index in [1.54, 1.807) is 6.07 Å². The van der Waals surface area contributed by atoms with Gasteiger partial charge >= 0.3 is 0 Å². The molecule has 1 aliphatic heterocycles. The Morgan fingerprint density at radius 1 is 1.12 bits per heavy atom. The molecule has 1 amide bonds. The lowest BCUT2D eigenvalue weighted by Gasteiger charge is -2.28. The van der Waals surface area contributed by atoms with Crippen LogP contribution in [-0.2, 0) is 9.53 Å². The van der Waals surface area contributed by atoms with Crippen molar-refractivity contribution in [3.05, 3.63) is 29.0 Å². The first-order valence-corrected chi connectivity index (χ1v) is 9.40. The first-order chi connectivity index (χ1) is 11.6. The van der Waals surface area contributed by atoms with E-state index >= 15 is 0 Å². The zero-order valence-corrected chi connectivity index (χ0v) is 14.7. The van der Waals surface area contributed by atoms with Crippen LogP contribution < -0.4 is 5.32 Å². The fraction of sp³-hybridized carbons (Fsp3) is 0.632. The highest BCUT2D eigenvalue weighted by Gasteiger charge is 2.39. The summed E-state index contributed by atoms with van der Waals surface area (Å²) < 4.78 is 19.6. The molecule has 1 aliphatic carbocycles. The first-order valence-electron chi connectivity index (χ1n) is 9.02. The number of nitrogens with one attached hydrogen (secondary N) is 1. The van der Waals surface area contributed by atoms with Crippen LogP contribution in [0.3, 0.4) is 0 Å². The Balaban J connectivity index is 1.66. The normalized spacial score (nSPS) is 25.9. The van der Waals surface area contributed by atoms with Gasteiger partial charge in [0.05, 0.1) is 5.69 Å². The van der Waals surface area contributed by atoms with E-state index in [-0.39, 0.29) is 17.5 Å². The van der Waals surface area contributed by atoms with Gasteiger partial charge in [-0.1, -0.05) is 56.5 Å². The smallest absolute Gasteiger partial charge is 0.253 e. The van der Waals surface area contributed by atoms with Gasteiger partial charge in [0.15, 0.2) is 0 Å². The third-order valence-corrected chi connectivity index (χ3v) is 5.58. The summed E-state index contributed by atoms with van der Waals surface area (Å²) in [7, 11) is 0. The van der Waals surface area contributed by atoms with Gasteiger partial charge in [0.25, 0.3) is 5.91 Å². The van der Waals surface area contributed by atoms with Crippen LogP contribution >= 0.6 is 11.6 Å². The van der Waals surface area contributed by atoms with Crippen LogP contribution in [0.2, 0.25) is 5.02 Å². The van der Waals surface area contributed by atoms with Crippen molar-refractivity contribution in [2.75, 3.05) is 11.9 Å². The first kappa shape index (κ1) is 17.7. The molecule has 1 heterocycles. The van der Waals surface area contributed by atoms with E-state index in [0.29, 0.717) is 17.5 Å². The van der Waals surface area contributed by atoms with Crippen LogP contribution in [0, 0.1) is 17.7 Å². The minimum Gasteiger partial charge on any atom is -0.368 e. The van der Waals surface area contributed by atoms with Crippen LogP contribution in [0.25, 0.3) is 0 Å². The predicted octanol–water partition coefficient (Wildman–Crippen LogP) is 5.18. The van der Waals surface area contributed by atoms with E-state index in [9.17, 15) is 9.18 Å². The molecule has 2 aliphatic rings. The maximum absolute atomic E-state index is 13.9. The Labute approximate surface area is 147 Å². The van der Waals surface area contributed by atoms with Crippen LogP contribution in [0.1, 0.15) is 51.4 Å². The molecule has 2 unspecified atom stereocenters. The van der Waals surface area contributed by atoms with Gasteiger partial charge in [-0.15, -0.1) is 0 Å². The third-order valence-electron chi connectivity index (χ3n) is 5.34. The number of hydrogen-bond donors (Lipinski definition) is 1. The molecule has 1 saturated carbocycles. The lowest BCUT2D eigenvalue weighted by Crippen LogP contribution is -2.36. The van der Waals surface area contributed by atoms with Gasteiger partial charge in [0, 0.05) is 11.6 Å². The number of carbonyl (C=O) groups is 1. The van der Waals surface area contributed by atoms with Crippen molar-refractivity contribution in [2.45, 2.75) is 57.5 Å². The van der Waals surface area contributed by atoms with Crippen molar-refractivity contribution in [2.24, 2.45) is 11.8 Å². The molecule has 0 bridgehead atoms. The van der Waals surface area contributed by atoms with Crippen molar-refractivity contribution in [3.63, 3.8) is 0 Å². The Morgan fingerprint density at radius 3 is 2.54 bits per heavy atom. The summed E-state index contributed by atoms with van der Waals surface area (Å²) in [6.07, 6.45) is 9.18. The van der Waals surface area contributed by atoms with Crippen molar-refractivity contribution in [1.82, 2.24) is 0 Å². The van der Waals surface area contributed by atoms with Crippen LogP contribution in [-0.4, -0.2) is 18.6 Å². The second-order valence-corrected chi connectivity index (χ2v) is 7.40. The monoisotopic (exact) mass is 353 g/mol. The van der Waals surface area contributed by atoms with E-state index < -0.39 is 11.9 Å². The fourth-order valence-electron chi connectivity index (χ4n) is 4.07. The maximum atomic E-state index is 13.9. The quantitative estimate of drug-likeness (QED) is 0.812. The van der Waals surface area contributed by atoms with Crippen molar-refractivity contribution in [1.29, 1.82) is 0 Å². The predicted molar refractivity (Wildman–Crippen MR) is 93.7 cm³/mol. The molecule has 3 nitrogen and oxygen atoms in total. The van der Waals surface area contributed by atoms with E-state index in [2.05, 4.69) is 5.32 Å². The highest BCUT2D eigenvalue weighted by atomic mass is 35.5. The standard InChI is InChI=1S/C19H25ClFNO2/c20-14-8-9-17(16(21)12-14)22-19(23)18-15(10-11-24-18)13-6-4-2-1-3-5-7-13/h8-9,12-13,15,18H,1-7,10-11H2,(H,22,23). The van der Waals surface area contributed by atoms with Gasteiger partial charge in [0.2, 0.25) is 0 Å². The third kappa shape index (κ3) is 4.28. The summed E-state index contributed by atoms with van der Waals surface area (Å²) in [5.74, 6) is 0.0363. The molecule has 5 heteroatoms. The summed E-state index contributed by atoms with van der Waals surface area (Å²) in [5, 5.41) is 2.99. The second-order valence-electron chi connectivity index (χ2n) is 6.96. The number of amides is 1. The van der Waals surface area contributed by atoms with E-state index in [1.807, 2.05) is 0 Å². The van der Waals surface area contributed by atoms with Crippen molar-refractivity contribution >= 4 is 23.2 Å². The maximum Gasteiger partial charge on any atom is 0.253 e. The highest BCUT2D eigenvalue weighted by molar-refractivity contribution is 6.30. The molecule has 1 N–H and O–H groups in total. The molecule has 0 aromatic heterocycles. The zero-order valence-electron chi connectivity index (χ0n) is 13.9. The SMILES string of the molecule is O=C(Nc1ccc(Cl)cc1F)C1OCCC1C1CCCCCCC1. The van der Waals surface area contributed by atoms with Gasteiger partial charge in [-0.05, 0) is 36.5 Å². The number of anilines is 1. The summed E-state index contributed by atoms with van der Waals surface area (Å²) >= 11 is 5.76. The minimum absolute atomic E-state index is 0.163. The molecule has 1 aromatic carbocycles. The summed E-state index contributed by atoms with van der Waals surface area (Å²) in [4.78, 5) is 12.6. The molecule has 3 rings (SSSR count). The number of halogens is 2. The van der Waals surface area contributed by atoms with E-state index in [1.165, 1.54) is 57.1 Å². The number of benzene rings is 1. The van der Waals surface area contributed by atoms with Gasteiger partial charge in [0.1, 0.15) is 11.9 Å². The fourth-order valence-corrected chi connectivity index (χ4v) is 4.23. The number of ether oxygens (including phenoxy) is 1. The van der Waals surface area contributed by atoms with Gasteiger partial charge in [-0.25, -0.2) is 4.39 Å². The molecule has 1 aromatic rings. The lowest BCUT2D eigenvalue weighted by atomic mass is 9.78. The second kappa shape index (κ2) is 8.30. The Hall–Kier alpha value is -1.13. The van der Waals surface area contributed by atoms with Crippen molar-refractivity contribution < 1.29 is 13.9 Å². The molecule has 0 spiro atoms. The molecule has 132 valence electrons. The average Bonchev–Trinajstić information content (AvgIpc) is 2.99. The molecular formula is C19H25ClFNO2. The van der Waals surface area contributed by atoms with Crippen LogP contribution in [0.4, 0.5) is 10.1 Å². The van der Waals surface area contributed by atoms with Crippen molar-refractivity contribution in [3.8, 4) is 0 Å². The topological polar surface area (TPSA) is 38.3 Å². The molecule has 1 saturated heterocycles. The minimum atomic E-state index is -0.517. The van der Waals surface area contributed by atoms with Crippen LogP contribution in [0.5, 0.6) is 0 Å². The van der Waals surface area contributed by atoms with E-state index in [4.69, 9.17) is 16.3 Å². The lowest BCUT2D eigenvalue weighted by molar-refractivity contribution is -0.127. The molecule has 2 atom stereocenters. The van der Waals surface area contributed by atoms with E-state index in [0.717, 1.165) is 6.42 Å². The highest BCUT2D eigenvalue weighted by Crippen LogP contribution is 2.37. The van der Waals surface area contributed by atoms with Gasteiger partial charge in [-0.2, -0.15) is 0 Å². The van der Waals surface area contributed by atoms with Gasteiger partial charge < -0.3 is 10.1 Å². The average molecular weight is 354 g/mol. The molecular weight excluding hydrogens is 329 g/mol. The summed E-state index contributed by atoms with van der Waals surface area (Å²) in [5.41, 5.74) is 0.163. The number of rotatable bonds is 3. The summed E-state index contributed by atoms with van der Waals surface area (Å²) in [6, 6.07) is 4.27. The molecule has 24 heavy (non-hydrogen) atoms. The van der Waals surface area contributed by atoms with Gasteiger partial charge in [-0.3, -0.25) is 4.79 Å².